The number of carboxylic acid groups (broad SMARTS) is 1. The van der Waals surface area contributed by atoms with E-state index in [2.05, 4.69) is 10.2 Å². The highest BCUT2D eigenvalue weighted by Crippen LogP contribution is 2.35. The van der Waals surface area contributed by atoms with E-state index in [1.807, 2.05) is 20.8 Å². The summed E-state index contributed by atoms with van der Waals surface area (Å²) < 4.78 is 0. The third kappa shape index (κ3) is 4.96. The van der Waals surface area contributed by atoms with Crippen LogP contribution in [0.2, 0.25) is 0 Å². The van der Waals surface area contributed by atoms with Gasteiger partial charge in [-0.3, -0.25) is 10.1 Å². The Kier molecular flexibility index (Phi) is 5.67. The van der Waals surface area contributed by atoms with E-state index < -0.39 is 11.5 Å². The van der Waals surface area contributed by atoms with Gasteiger partial charge in [0.15, 0.2) is 0 Å². The van der Waals surface area contributed by atoms with Gasteiger partial charge >= 0.3 is 5.97 Å². The van der Waals surface area contributed by atoms with Gasteiger partial charge in [-0.05, 0) is 71.3 Å². The molecule has 0 aromatic heterocycles. The first-order chi connectivity index (χ1) is 9.97. The number of hydrogen-bond donors (Lipinski definition) is 2. The van der Waals surface area contributed by atoms with Crippen molar-refractivity contribution in [2.24, 2.45) is 5.92 Å². The molecule has 4 nitrogen and oxygen atoms in total. The van der Waals surface area contributed by atoms with Crippen molar-refractivity contribution >= 4 is 5.97 Å². The Labute approximate surface area is 129 Å². The van der Waals surface area contributed by atoms with Gasteiger partial charge in [0, 0.05) is 18.6 Å². The molecule has 1 atom stereocenters. The zero-order valence-electron chi connectivity index (χ0n) is 13.9. The number of nitrogens with one attached hydrogen (secondary N) is 1. The number of carbonyl (C=O) groups is 1. The van der Waals surface area contributed by atoms with Gasteiger partial charge in [-0.25, -0.2) is 0 Å². The van der Waals surface area contributed by atoms with Crippen molar-refractivity contribution < 1.29 is 9.90 Å². The van der Waals surface area contributed by atoms with Crippen molar-refractivity contribution in [2.45, 2.75) is 83.3 Å². The average molecular weight is 296 g/mol. The summed E-state index contributed by atoms with van der Waals surface area (Å²) in [5, 5.41) is 12.9. The molecule has 2 aliphatic rings. The van der Waals surface area contributed by atoms with Crippen LogP contribution in [0.15, 0.2) is 0 Å². The lowest BCUT2D eigenvalue weighted by molar-refractivity contribution is -0.145. The summed E-state index contributed by atoms with van der Waals surface area (Å²) in [5.41, 5.74) is -0.747. The summed E-state index contributed by atoms with van der Waals surface area (Å²) in [7, 11) is 0. The molecular weight excluding hydrogens is 264 g/mol. The fourth-order valence-electron chi connectivity index (χ4n) is 3.30. The van der Waals surface area contributed by atoms with E-state index in [9.17, 15) is 9.90 Å². The molecule has 0 aliphatic heterocycles. The Morgan fingerprint density at radius 3 is 2.43 bits per heavy atom. The van der Waals surface area contributed by atoms with Crippen LogP contribution in [0.3, 0.4) is 0 Å². The van der Waals surface area contributed by atoms with Gasteiger partial charge in [0.05, 0.1) is 0 Å². The lowest BCUT2D eigenvalue weighted by Gasteiger charge is -2.33. The highest BCUT2D eigenvalue weighted by atomic mass is 16.4. The molecule has 2 saturated carbocycles. The van der Waals surface area contributed by atoms with Crippen LogP contribution in [0.5, 0.6) is 0 Å². The highest BCUT2D eigenvalue weighted by Gasteiger charge is 2.38. The molecule has 2 N–H and O–H groups in total. The Balaban J connectivity index is 1.83. The van der Waals surface area contributed by atoms with E-state index in [0.29, 0.717) is 6.42 Å². The van der Waals surface area contributed by atoms with E-state index in [4.69, 9.17) is 0 Å². The third-order valence-electron chi connectivity index (χ3n) is 4.88. The molecule has 0 spiro atoms. The average Bonchev–Trinajstić information content (AvgIpc) is 3.26. The first-order valence-corrected chi connectivity index (χ1v) is 8.72. The van der Waals surface area contributed by atoms with Gasteiger partial charge in [-0.15, -0.1) is 0 Å². The first-order valence-electron chi connectivity index (χ1n) is 8.72. The van der Waals surface area contributed by atoms with Crippen molar-refractivity contribution in [2.75, 3.05) is 13.1 Å². The molecular formula is C17H32N2O2. The predicted molar refractivity (Wildman–Crippen MR) is 85.5 cm³/mol. The molecule has 0 aromatic rings. The Morgan fingerprint density at radius 2 is 2.00 bits per heavy atom. The molecule has 0 radical (unpaired) electrons. The second-order valence-corrected chi connectivity index (χ2v) is 7.31. The number of hydrogen-bond acceptors (Lipinski definition) is 3. The second kappa shape index (κ2) is 7.10. The summed E-state index contributed by atoms with van der Waals surface area (Å²) in [5.74, 6) is 0.230. The first kappa shape index (κ1) is 16.8. The molecule has 0 heterocycles. The summed E-state index contributed by atoms with van der Waals surface area (Å²) >= 11 is 0. The van der Waals surface area contributed by atoms with Crippen LogP contribution in [0, 0.1) is 5.92 Å². The molecule has 1 unspecified atom stereocenters. The van der Waals surface area contributed by atoms with Gasteiger partial charge in [-0.1, -0.05) is 6.92 Å². The molecule has 2 aliphatic carbocycles. The molecule has 0 amide bonds. The minimum absolute atomic E-state index is 0.201. The van der Waals surface area contributed by atoms with E-state index in [1.54, 1.807) is 0 Å². The fourth-order valence-corrected chi connectivity index (χ4v) is 3.30. The Bertz CT molecular complexity index is 351. The van der Waals surface area contributed by atoms with Crippen LogP contribution in [-0.4, -0.2) is 46.7 Å². The topological polar surface area (TPSA) is 52.6 Å². The number of nitrogens with zero attached hydrogens (tertiary/aromatic N) is 1. The maximum absolute atomic E-state index is 11.7. The molecule has 122 valence electrons. The minimum Gasteiger partial charge on any atom is -0.480 e. The lowest BCUT2D eigenvalue weighted by Crippen LogP contribution is -2.54. The largest absolute Gasteiger partial charge is 0.480 e. The SMILES string of the molecule is CCC(CCCN(CC1CC1)C1CC1)(NC(C)C)C(=O)O. The highest BCUT2D eigenvalue weighted by molar-refractivity contribution is 5.78. The Hall–Kier alpha value is -0.610. The minimum atomic E-state index is -0.747. The van der Waals surface area contributed by atoms with Crippen molar-refractivity contribution in [1.82, 2.24) is 10.2 Å². The van der Waals surface area contributed by atoms with Crippen LogP contribution in [0.1, 0.15) is 65.7 Å². The number of aliphatic carboxylic acids is 1. The lowest BCUT2D eigenvalue weighted by atomic mass is 9.89. The summed E-state index contributed by atoms with van der Waals surface area (Å²) in [6.45, 7) is 8.34. The van der Waals surface area contributed by atoms with Gasteiger partial charge < -0.3 is 10.0 Å². The summed E-state index contributed by atoms with van der Waals surface area (Å²) in [6.07, 6.45) is 7.82. The van der Waals surface area contributed by atoms with E-state index in [1.165, 1.54) is 32.2 Å². The van der Waals surface area contributed by atoms with E-state index >= 15 is 0 Å². The van der Waals surface area contributed by atoms with Crippen LogP contribution in [0.4, 0.5) is 0 Å². The van der Waals surface area contributed by atoms with Gasteiger partial charge in [-0.2, -0.15) is 0 Å². The molecule has 2 fully saturated rings. The van der Waals surface area contributed by atoms with Crippen molar-refractivity contribution in [3.63, 3.8) is 0 Å². The maximum atomic E-state index is 11.7. The normalized spacial score (nSPS) is 21.8. The smallest absolute Gasteiger partial charge is 0.323 e. The predicted octanol–water partition coefficient (Wildman–Crippen LogP) is 2.87. The number of carboxylic acids is 1. The van der Waals surface area contributed by atoms with Crippen LogP contribution in [0.25, 0.3) is 0 Å². The molecule has 0 saturated heterocycles. The summed E-state index contributed by atoms with van der Waals surface area (Å²) in [4.78, 5) is 14.3. The molecule has 4 heteroatoms. The standard InChI is InChI=1S/C17H32N2O2/c1-4-17(16(20)21,18-13(2)3)10-5-11-19(15-8-9-15)12-14-6-7-14/h13-15,18H,4-12H2,1-3H3,(H,20,21). The molecule has 0 bridgehead atoms. The van der Waals surface area contributed by atoms with Crippen LogP contribution in [-0.2, 0) is 4.79 Å². The number of rotatable bonds is 11. The zero-order valence-corrected chi connectivity index (χ0v) is 13.9. The van der Waals surface area contributed by atoms with Gasteiger partial charge in [0.25, 0.3) is 0 Å². The van der Waals surface area contributed by atoms with Crippen LogP contribution >= 0.6 is 0 Å². The zero-order chi connectivity index (χ0) is 15.5. The van der Waals surface area contributed by atoms with Crippen molar-refractivity contribution in [3.8, 4) is 0 Å². The van der Waals surface area contributed by atoms with Crippen molar-refractivity contribution in [3.05, 3.63) is 0 Å². The molecule has 2 rings (SSSR count). The monoisotopic (exact) mass is 296 g/mol. The quantitative estimate of drug-likeness (QED) is 0.615. The maximum Gasteiger partial charge on any atom is 0.323 e. The fraction of sp³-hybridized carbons (Fsp3) is 0.941. The second-order valence-electron chi connectivity index (χ2n) is 7.31. The third-order valence-corrected chi connectivity index (χ3v) is 4.88. The van der Waals surface area contributed by atoms with Crippen LogP contribution < -0.4 is 5.32 Å². The summed E-state index contributed by atoms with van der Waals surface area (Å²) in [6, 6.07) is 0.997. The Morgan fingerprint density at radius 1 is 1.33 bits per heavy atom. The van der Waals surface area contributed by atoms with E-state index in [-0.39, 0.29) is 6.04 Å². The molecule has 21 heavy (non-hydrogen) atoms. The van der Waals surface area contributed by atoms with Gasteiger partial charge in [0.1, 0.15) is 5.54 Å². The van der Waals surface area contributed by atoms with Gasteiger partial charge in [0.2, 0.25) is 0 Å². The van der Waals surface area contributed by atoms with E-state index in [0.717, 1.165) is 31.3 Å². The molecule has 0 aromatic carbocycles. The van der Waals surface area contributed by atoms with Crippen molar-refractivity contribution in [1.29, 1.82) is 0 Å².